The summed E-state index contributed by atoms with van der Waals surface area (Å²) in [5.41, 5.74) is 4.32. The number of methoxy groups -OCH3 is 1. The number of carbonyl (C=O) groups excluding carboxylic acids is 1. The quantitative estimate of drug-likeness (QED) is 0.849. The van der Waals surface area contributed by atoms with Gasteiger partial charge in [0.25, 0.3) is 0 Å². The second-order valence-electron chi connectivity index (χ2n) is 4.44. The van der Waals surface area contributed by atoms with E-state index in [1.165, 1.54) is 0 Å². The minimum atomic E-state index is 0.0511. The molecule has 0 spiro atoms. The highest BCUT2D eigenvalue weighted by Gasteiger charge is 2.32. The molecule has 4 heteroatoms. The summed E-state index contributed by atoms with van der Waals surface area (Å²) in [7, 11) is 1.65. The SMILES string of the molecule is COc1ccc([C@H]2C[C@@H](C)NN2C(C)=O)cc1. The summed E-state index contributed by atoms with van der Waals surface area (Å²) in [6, 6.07) is 8.32. The van der Waals surface area contributed by atoms with Crippen LogP contribution in [0.15, 0.2) is 24.3 Å². The third kappa shape index (κ3) is 2.42. The standard InChI is InChI=1S/C13H18N2O2/c1-9-8-13(15(14-9)10(2)16)11-4-6-12(17-3)7-5-11/h4-7,9,13-14H,8H2,1-3H3/t9-,13-/m1/s1. The molecule has 0 saturated carbocycles. The van der Waals surface area contributed by atoms with E-state index < -0.39 is 0 Å². The van der Waals surface area contributed by atoms with Crippen molar-refractivity contribution in [2.45, 2.75) is 32.4 Å². The molecule has 1 saturated heterocycles. The Hall–Kier alpha value is -1.55. The van der Waals surface area contributed by atoms with E-state index in [2.05, 4.69) is 12.3 Å². The molecule has 0 radical (unpaired) electrons. The number of hydrogen-bond acceptors (Lipinski definition) is 3. The van der Waals surface area contributed by atoms with E-state index in [0.717, 1.165) is 17.7 Å². The van der Waals surface area contributed by atoms with Gasteiger partial charge in [-0.3, -0.25) is 9.80 Å². The average Bonchev–Trinajstić information content (AvgIpc) is 2.72. The van der Waals surface area contributed by atoms with E-state index in [-0.39, 0.29) is 11.9 Å². The van der Waals surface area contributed by atoms with Crippen molar-refractivity contribution in [1.29, 1.82) is 0 Å². The van der Waals surface area contributed by atoms with Crippen molar-refractivity contribution < 1.29 is 9.53 Å². The largest absolute Gasteiger partial charge is 0.497 e. The first-order valence-corrected chi connectivity index (χ1v) is 5.81. The lowest BCUT2D eigenvalue weighted by atomic mass is 10.0. The maximum atomic E-state index is 11.5. The number of carbonyl (C=O) groups is 1. The van der Waals surface area contributed by atoms with Gasteiger partial charge in [-0.15, -0.1) is 0 Å². The summed E-state index contributed by atoms with van der Waals surface area (Å²) >= 11 is 0. The van der Waals surface area contributed by atoms with Crippen molar-refractivity contribution in [3.8, 4) is 5.75 Å². The Bertz CT molecular complexity index is 402. The second-order valence-corrected chi connectivity index (χ2v) is 4.44. The minimum absolute atomic E-state index is 0.0511. The van der Waals surface area contributed by atoms with Crippen LogP contribution in [-0.2, 0) is 4.79 Å². The van der Waals surface area contributed by atoms with Gasteiger partial charge in [-0.2, -0.15) is 0 Å². The highest BCUT2D eigenvalue weighted by Crippen LogP contribution is 2.30. The van der Waals surface area contributed by atoms with Crippen LogP contribution in [0.2, 0.25) is 0 Å². The number of ether oxygens (including phenoxy) is 1. The first-order chi connectivity index (χ1) is 8.11. The molecule has 1 aromatic rings. The normalized spacial score (nSPS) is 23.8. The number of nitrogens with one attached hydrogen (secondary N) is 1. The Morgan fingerprint density at radius 1 is 1.41 bits per heavy atom. The van der Waals surface area contributed by atoms with E-state index in [9.17, 15) is 4.79 Å². The number of nitrogens with zero attached hydrogens (tertiary/aromatic N) is 1. The summed E-state index contributed by atoms with van der Waals surface area (Å²) in [4.78, 5) is 11.5. The van der Waals surface area contributed by atoms with Crippen LogP contribution in [0.25, 0.3) is 0 Å². The van der Waals surface area contributed by atoms with Crippen molar-refractivity contribution in [2.75, 3.05) is 7.11 Å². The molecule has 1 amide bonds. The first-order valence-electron chi connectivity index (χ1n) is 5.81. The van der Waals surface area contributed by atoms with Crippen molar-refractivity contribution in [1.82, 2.24) is 10.4 Å². The smallest absolute Gasteiger partial charge is 0.234 e. The molecule has 1 fully saturated rings. The molecule has 1 N–H and O–H groups in total. The fraction of sp³-hybridized carbons (Fsp3) is 0.462. The lowest BCUT2D eigenvalue weighted by molar-refractivity contribution is -0.132. The molecule has 0 aromatic heterocycles. The van der Waals surface area contributed by atoms with E-state index in [4.69, 9.17) is 4.74 Å². The van der Waals surface area contributed by atoms with Crippen molar-refractivity contribution in [3.63, 3.8) is 0 Å². The van der Waals surface area contributed by atoms with Gasteiger partial charge in [-0.05, 0) is 31.0 Å². The Labute approximate surface area is 102 Å². The van der Waals surface area contributed by atoms with Gasteiger partial charge in [0, 0.05) is 13.0 Å². The molecule has 2 atom stereocenters. The molecule has 92 valence electrons. The van der Waals surface area contributed by atoms with Gasteiger partial charge in [0.1, 0.15) is 5.75 Å². The van der Waals surface area contributed by atoms with Gasteiger partial charge in [-0.1, -0.05) is 12.1 Å². The van der Waals surface area contributed by atoms with Crippen LogP contribution in [0.3, 0.4) is 0 Å². The predicted octanol–water partition coefficient (Wildman–Crippen LogP) is 1.88. The fourth-order valence-corrected chi connectivity index (χ4v) is 2.24. The average molecular weight is 234 g/mol. The highest BCUT2D eigenvalue weighted by atomic mass is 16.5. The third-order valence-electron chi connectivity index (χ3n) is 3.09. The summed E-state index contributed by atoms with van der Waals surface area (Å²) in [5, 5.41) is 1.71. The molecule has 1 aliphatic heterocycles. The van der Waals surface area contributed by atoms with Crippen LogP contribution in [0.5, 0.6) is 5.75 Å². The van der Waals surface area contributed by atoms with Gasteiger partial charge in [0.15, 0.2) is 0 Å². The van der Waals surface area contributed by atoms with Crippen LogP contribution >= 0.6 is 0 Å². The molecular weight excluding hydrogens is 216 g/mol. The molecule has 2 rings (SSSR count). The predicted molar refractivity (Wildman–Crippen MR) is 65.5 cm³/mol. The zero-order chi connectivity index (χ0) is 12.4. The maximum absolute atomic E-state index is 11.5. The highest BCUT2D eigenvalue weighted by molar-refractivity contribution is 5.73. The number of benzene rings is 1. The zero-order valence-corrected chi connectivity index (χ0v) is 10.4. The summed E-state index contributed by atoms with van der Waals surface area (Å²) in [6.07, 6.45) is 0.936. The number of hydrazine groups is 1. The number of rotatable bonds is 2. The van der Waals surface area contributed by atoms with Crippen molar-refractivity contribution >= 4 is 5.91 Å². The molecule has 4 nitrogen and oxygen atoms in total. The van der Waals surface area contributed by atoms with Crippen LogP contribution in [0.1, 0.15) is 31.9 Å². The first kappa shape index (κ1) is 11.9. The van der Waals surface area contributed by atoms with Crippen LogP contribution in [0, 0.1) is 0 Å². The maximum Gasteiger partial charge on any atom is 0.234 e. The van der Waals surface area contributed by atoms with Gasteiger partial charge in [-0.25, -0.2) is 5.43 Å². The van der Waals surface area contributed by atoms with Gasteiger partial charge in [0.2, 0.25) is 5.91 Å². The molecule has 0 aliphatic carbocycles. The van der Waals surface area contributed by atoms with Crippen LogP contribution < -0.4 is 10.2 Å². The number of amides is 1. The van der Waals surface area contributed by atoms with Crippen molar-refractivity contribution in [3.05, 3.63) is 29.8 Å². The van der Waals surface area contributed by atoms with Crippen LogP contribution in [-0.4, -0.2) is 24.1 Å². The third-order valence-corrected chi connectivity index (χ3v) is 3.09. The topological polar surface area (TPSA) is 41.6 Å². The molecule has 0 unspecified atom stereocenters. The monoisotopic (exact) mass is 234 g/mol. The lowest BCUT2D eigenvalue weighted by Crippen LogP contribution is -2.39. The Morgan fingerprint density at radius 2 is 2.06 bits per heavy atom. The number of hydrogen-bond donors (Lipinski definition) is 1. The molecule has 1 aromatic carbocycles. The van der Waals surface area contributed by atoms with Gasteiger partial charge >= 0.3 is 0 Å². The van der Waals surface area contributed by atoms with E-state index >= 15 is 0 Å². The zero-order valence-electron chi connectivity index (χ0n) is 10.4. The van der Waals surface area contributed by atoms with E-state index in [1.807, 2.05) is 24.3 Å². The summed E-state index contributed by atoms with van der Waals surface area (Å²) in [5.74, 6) is 0.886. The Kier molecular flexibility index (Phi) is 3.33. The summed E-state index contributed by atoms with van der Waals surface area (Å²) in [6.45, 7) is 3.67. The van der Waals surface area contributed by atoms with E-state index in [0.29, 0.717) is 6.04 Å². The van der Waals surface area contributed by atoms with Gasteiger partial charge in [0.05, 0.1) is 13.2 Å². The van der Waals surface area contributed by atoms with E-state index in [1.54, 1.807) is 19.0 Å². The molecular formula is C13H18N2O2. The minimum Gasteiger partial charge on any atom is -0.497 e. The lowest BCUT2D eigenvalue weighted by Gasteiger charge is -2.23. The molecule has 1 aliphatic rings. The second kappa shape index (κ2) is 4.75. The van der Waals surface area contributed by atoms with Gasteiger partial charge < -0.3 is 4.74 Å². The molecule has 1 heterocycles. The van der Waals surface area contributed by atoms with Crippen molar-refractivity contribution in [2.24, 2.45) is 0 Å². The fourth-order valence-electron chi connectivity index (χ4n) is 2.24. The molecule has 0 bridgehead atoms. The Morgan fingerprint density at radius 3 is 2.59 bits per heavy atom. The molecule has 17 heavy (non-hydrogen) atoms. The Balaban J connectivity index is 2.22. The van der Waals surface area contributed by atoms with Crippen LogP contribution in [0.4, 0.5) is 0 Å². The summed E-state index contributed by atoms with van der Waals surface area (Å²) < 4.78 is 5.13.